The molecule has 1 atom stereocenters. The molecule has 1 unspecified atom stereocenters. The Bertz CT molecular complexity index is 982. The maximum absolute atomic E-state index is 12.8. The molecule has 3 rings (SSSR count). The SMILES string of the molecule is O=C(CNC(=O)C1CCCN(S(=O)(=O)c2ccccc2)C1)Nc1cccc(Cl)c1. The third-order valence-electron chi connectivity index (χ3n) is 4.67. The Kier molecular flexibility index (Phi) is 6.89. The summed E-state index contributed by atoms with van der Waals surface area (Å²) in [6.45, 7) is 0.266. The molecule has 0 bridgehead atoms. The molecule has 0 spiro atoms. The minimum atomic E-state index is -3.64. The number of carbonyl (C=O) groups is 2. The second-order valence-corrected chi connectivity index (χ2v) is 9.17. The van der Waals surface area contributed by atoms with Crippen molar-refractivity contribution in [3.05, 3.63) is 59.6 Å². The predicted octanol–water partition coefficient (Wildman–Crippen LogP) is 2.50. The van der Waals surface area contributed by atoms with Gasteiger partial charge in [-0.05, 0) is 43.2 Å². The Labute approximate surface area is 175 Å². The summed E-state index contributed by atoms with van der Waals surface area (Å²) in [4.78, 5) is 24.7. The lowest BCUT2D eigenvalue weighted by atomic mass is 9.99. The summed E-state index contributed by atoms with van der Waals surface area (Å²) in [7, 11) is -3.64. The fourth-order valence-corrected chi connectivity index (χ4v) is 4.93. The van der Waals surface area contributed by atoms with Crippen LogP contribution in [0.15, 0.2) is 59.5 Å². The minimum Gasteiger partial charge on any atom is -0.347 e. The van der Waals surface area contributed by atoms with Crippen LogP contribution in [0, 0.1) is 5.92 Å². The summed E-state index contributed by atoms with van der Waals surface area (Å²) in [5, 5.41) is 5.74. The number of piperidine rings is 1. The highest BCUT2D eigenvalue weighted by atomic mass is 35.5. The first-order valence-electron chi connectivity index (χ1n) is 9.24. The van der Waals surface area contributed by atoms with E-state index in [2.05, 4.69) is 10.6 Å². The number of halogens is 1. The predicted molar refractivity (Wildman–Crippen MR) is 111 cm³/mol. The van der Waals surface area contributed by atoms with Crippen molar-refractivity contribution in [3.8, 4) is 0 Å². The maximum atomic E-state index is 12.8. The highest BCUT2D eigenvalue weighted by Crippen LogP contribution is 2.23. The normalized spacial score (nSPS) is 17.5. The molecule has 2 aromatic rings. The zero-order valence-corrected chi connectivity index (χ0v) is 17.2. The van der Waals surface area contributed by atoms with Crippen LogP contribution in [0.1, 0.15) is 12.8 Å². The third-order valence-corrected chi connectivity index (χ3v) is 6.78. The molecule has 9 heteroatoms. The molecule has 0 aliphatic carbocycles. The van der Waals surface area contributed by atoms with E-state index in [0.29, 0.717) is 30.1 Å². The van der Waals surface area contributed by atoms with E-state index >= 15 is 0 Å². The number of nitrogens with one attached hydrogen (secondary N) is 2. The van der Waals surface area contributed by atoms with Crippen LogP contribution in [0.5, 0.6) is 0 Å². The number of nitrogens with zero attached hydrogens (tertiary/aromatic N) is 1. The van der Waals surface area contributed by atoms with Gasteiger partial charge in [-0.15, -0.1) is 0 Å². The summed E-state index contributed by atoms with van der Waals surface area (Å²) in [5.74, 6) is -1.22. The van der Waals surface area contributed by atoms with E-state index < -0.39 is 15.9 Å². The van der Waals surface area contributed by atoms with Gasteiger partial charge in [-0.2, -0.15) is 4.31 Å². The monoisotopic (exact) mass is 435 g/mol. The molecule has 1 aliphatic rings. The Hall–Kier alpha value is -2.42. The van der Waals surface area contributed by atoms with Crippen LogP contribution in [0.25, 0.3) is 0 Å². The highest BCUT2D eigenvalue weighted by Gasteiger charge is 2.33. The Morgan fingerprint density at radius 2 is 1.86 bits per heavy atom. The minimum absolute atomic E-state index is 0.0962. The summed E-state index contributed by atoms with van der Waals surface area (Å²) in [5.41, 5.74) is 0.537. The first-order valence-corrected chi connectivity index (χ1v) is 11.1. The summed E-state index contributed by atoms with van der Waals surface area (Å²) in [6, 6.07) is 14.9. The van der Waals surface area contributed by atoms with Crippen LogP contribution in [0.2, 0.25) is 5.02 Å². The second-order valence-electron chi connectivity index (χ2n) is 6.79. The Morgan fingerprint density at radius 1 is 1.10 bits per heavy atom. The molecule has 1 aliphatic heterocycles. The van der Waals surface area contributed by atoms with E-state index in [0.717, 1.165) is 0 Å². The number of hydrogen-bond donors (Lipinski definition) is 2. The molecule has 154 valence electrons. The van der Waals surface area contributed by atoms with E-state index in [1.807, 2.05) is 0 Å². The first kappa shape index (κ1) is 21.3. The van der Waals surface area contributed by atoms with Crippen LogP contribution in [-0.2, 0) is 19.6 Å². The van der Waals surface area contributed by atoms with Gasteiger partial charge in [-0.3, -0.25) is 9.59 Å². The van der Waals surface area contributed by atoms with Crippen LogP contribution >= 0.6 is 11.6 Å². The van der Waals surface area contributed by atoms with Gasteiger partial charge < -0.3 is 10.6 Å². The zero-order chi connectivity index (χ0) is 20.9. The Balaban J connectivity index is 1.55. The molecule has 2 N–H and O–H groups in total. The molecule has 7 nitrogen and oxygen atoms in total. The highest BCUT2D eigenvalue weighted by molar-refractivity contribution is 7.89. The number of anilines is 1. The molecule has 2 amide bonds. The van der Waals surface area contributed by atoms with Crippen molar-refractivity contribution in [1.29, 1.82) is 0 Å². The van der Waals surface area contributed by atoms with Gasteiger partial charge in [0.25, 0.3) is 0 Å². The van der Waals surface area contributed by atoms with Crippen LogP contribution in [-0.4, -0.2) is 44.2 Å². The summed E-state index contributed by atoms with van der Waals surface area (Å²) >= 11 is 5.88. The topological polar surface area (TPSA) is 95.6 Å². The Morgan fingerprint density at radius 3 is 2.59 bits per heavy atom. The lowest BCUT2D eigenvalue weighted by Crippen LogP contribution is -2.46. The molecule has 1 fully saturated rings. The fourth-order valence-electron chi connectivity index (χ4n) is 3.20. The van der Waals surface area contributed by atoms with Crippen LogP contribution in [0.4, 0.5) is 5.69 Å². The molecular formula is C20H22ClN3O4S. The molecular weight excluding hydrogens is 414 g/mol. The lowest BCUT2D eigenvalue weighted by Gasteiger charge is -2.31. The summed E-state index contributed by atoms with van der Waals surface area (Å²) in [6.07, 6.45) is 1.15. The average Bonchev–Trinajstić information content (AvgIpc) is 2.73. The van der Waals surface area contributed by atoms with E-state index in [9.17, 15) is 18.0 Å². The molecule has 2 aromatic carbocycles. The van der Waals surface area contributed by atoms with E-state index in [1.165, 1.54) is 4.31 Å². The van der Waals surface area contributed by atoms with Crippen molar-refractivity contribution < 1.29 is 18.0 Å². The molecule has 0 radical (unpaired) electrons. The molecule has 0 saturated carbocycles. The van der Waals surface area contributed by atoms with Gasteiger partial charge in [0, 0.05) is 23.8 Å². The smallest absolute Gasteiger partial charge is 0.243 e. The van der Waals surface area contributed by atoms with Crippen molar-refractivity contribution in [1.82, 2.24) is 9.62 Å². The number of amides is 2. The van der Waals surface area contributed by atoms with E-state index in [4.69, 9.17) is 11.6 Å². The molecule has 1 heterocycles. The van der Waals surface area contributed by atoms with Gasteiger partial charge in [0.05, 0.1) is 17.4 Å². The van der Waals surface area contributed by atoms with E-state index in [-0.39, 0.29) is 29.8 Å². The van der Waals surface area contributed by atoms with Crippen LogP contribution < -0.4 is 10.6 Å². The number of rotatable bonds is 6. The quantitative estimate of drug-likeness (QED) is 0.728. The maximum Gasteiger partial charge on any atom is 0.243 e. The molecule has 0 aromatic heterocycles. The largest absolute Gasteiger partial charge is 0.347 e. The first-order chi connectivity index (χ1) is 13.9. The fraction of sp³-hybridized carbons (Fsp3) is 0.300. The van der Waals surface area contributed by atoms with Gasteiger partial charge in [-0.25, -0.2) is 8.42 Å². The van der Waals surface area contributed by atoms with Crippen molar-refractivity contribution in [2.75, 3.05) is 25.0 Å². The van der Waals surface area contributed by atoms with Crippen molar-refractivity contribution in [2.45, 2.75) is 17.7 Å². The number of carbonyl (C=O) groups excluding carboxylic acids is 2. The summed E-state index contributed by atoms with van der Waals surface area (Å²) < 4.78 is 26.9. The van der Waals surface area contributed by atoms with Gasteiger partial charge in [-0.1, -0.05) is 35.9 Å². The number of sulfonamides is 1. The lowest BCUT2D eigenvalue weighted by molar-refractivity contribution is -0.128. The number of hydrogen-bond acceptors (Lipinski definition) is 4. The van der Waals surface area contributed by atoms with Crippen molar-refractivity contribution in [3.63, 3.8) is 0 Å². The zero-order valence-electron chi connectivity index (χ0n) is 15.7. The van der Waals surface area contributed by atoms with Crippen LogP contribution in [0.3, 0.4) is 0 Å². The van der Waals surface area contributed by atoms with Gasteiger partial charge in [0.1, 0.15) is 0 Å². The van der Waals surface area contributed by atoms with Gasteiger partial charge in [0.2, 0.25) is 21.8 Å². The standard InChI is InChI=1S/C20H22ClN3O4S/c21-16-7-4-8-17(12-16)23-19(25)13-22-20(26)15-6-5-11-24(14-15)29(27,28)18-9-2-1-3-10-18/h1-4,7-10,12,15H,5-6,11,13-14H2,(H,22,26)(H,23,25). The van der Waals surface area contributed by atoms with Gasteiger partial charge in [0.15, 0.2) is 0 Å². The molecule has 29 heavy (non-hydrogen) atoms. The molecule has 1 saturated heterocycles. The third kappa shape index (κ3) is 5.56. The average molecular weight is 436 g/mol. The number of benzene rings is 2. The van der Waals surface area contributed by atoms with Crippen molar-refractivity contribution in [2.24, 2.45) is 5.92 Å². The van der Waals surface area contributed by atoms with E-state index in [1.54, 1.807) is 54.6 Å². The van der Waals surface area contributed by atoms with Gasteiger partial charge >= 0.3 is 0 Å². The second kappa shape index (κ2) is 9.39. The van der Waals surface area contributed by atoms with Crippen molar-refractivity contribution >= 4 is 39.1 Å².